The fourth-order valence-corrected chi connectivity index (χ4v) is 8.83. The number of carbonyl (C=O) groups is 1. The zero-order chi connectivity index (χ0) is 37.8. The summed E-state index contributed by atoms with van der Waals surface area (Å²) >= 11 is 0. The third-order valence-corrected chi connectivity index (χ3v) is 11.2. The van der Waals surface area contributed by atoms with Crippen molar-refractivity contribution in [2.24, 2.45) is 0 Å². The molecule has 1 amide bonds. The first-order chi connectivity index (χ1) is 25.8. The highest BCUT2D eigenvalue weighted by molar-refractivity contribution is 7.39. The van der Waals surface area contributed by atoms with E-state index < -0.39 is 57.6 Å². The van der Waals surface area contributed by atoms with Gasteiger partial charge in [0.25, 0.3) is 5.92 Å². The van der Waals surface area contributed by atoms with Gasteiger partial charge in [0, 0.05) is 24.7 Å². The summed E-state index contributed by atoms with van der Waals surface area (Å²) in [7, 11) is -2.73. The monoisotopic (exact) mass is 774 g/mol. The smallest absolute Gasteiger partial charge is 0.407 e. The van der Waals surface area contributed by atoms with Gasteiger partial charge in [0.2, 0.25) is 0 Å². The van der Waals surface area contributed by atoms with Crippen molar-refractivity contribution in [3.8, 4) is 23.0 Å². The first-order valence-electron chi connectivity index (χ1n) is 17.8. The summed E-state index contributed by atoms with van der Waals surface area (Å²) in [4.78, 5) is 48.7. The van der Waals surface area contributed by atoms with Crippen molar-refractivity contribution in [3.63, 3.8) is 0 Å². The van der Waals surface area contributed by atoms with E-state index in [0.717, 1.165) is 38.8 Å². The Morgan fingerprint density at radius 1 is 1.06 bits per heavy atom. The molecule has 9 rings (SSSR count). The van der Waals surface area contributed by atoms with Gasteiger partial charge in [0.15, 0.2) is 12.6 Å². The van der Waals surface area contributed by atoms with E-state index in [9.17, 15) is 14.6 Å². The van der Waals surface area contributed by atoms with Gasteiger partial charge in [-0.2, -0.15) is 9.97 Å². The number of hydrogen-bond donors (Lipinski definition) is 3. The number of anilines is 1. The summed E-state index contributed by atoms with van der Waals surface area (Å²) in [6, 6.07) is 5.50. The molecular weight excluding hydrogens is 735 g/mol. The number of nitrogens with zero attached hydrogens (tertiary/aromatic N) is 5. The number of aryl methyl sites for hydroxylation is 1. The van der Waals surface area contributed by atoms with Crippen molar-refractivity contribution < 1.29 is 50.9 Å². The zero-order valence-electron chi connectivity index (χ0n) is 29.4. The lowest BCUT2D eigenvalue weighted by Crippen LogP contribution is -2.63. The van der Waals surface area contributed by atoms with Crippen LogP contribution in [-0.4, -0.2) is 98.9 Å². The molecular formula is C36H39F4N6O7P. The summed E-state index contributed by atoms with van der Waals surface area (Å²) in [5.41, 5.74) is -1.93. The SMILES string of the molecule is CC12CN(CC(F)(F)C1)c1nc(OCC34CCCN3CCC4)nc3c(F)c(ncc13)-c1cc(OCOP(O)O)cc3ccc(F)c(c13)CCCOC(=O)N2. The Morgan fingerprint density at radius 3 is 2.63 bits per heavy atom. The average molecular weight is 775 g/mol. The van der Waals surface area contributed by atoms with Crippen LogP contribution in [0, 0.1) is 11.6 Å². The summed E-state index contributed by atoms with van der Waals surface area (Å²) < 4.78 is 86.2. The van der Waals surface area contributed by atoms with Gasteiger partial charge in [0.05, 0.1) is 29.6 Å². The van der Waals surface area contributed by atoms with Crippen LogP contribution in [0.25, 0.3) is 32.9 Å². The van der Waals surface area contributed by atoms with Gasteiger partial charge >= 0.3 is 20.7 Å². The number of alkyl carbamates (subject to hydrolysis) is 1. The molecule has 3 fully saturated rings. The van der Waals surface area contributed by atoms with E-state index in [0.29, 0.717) is 10.8 Å². The van der Waals surface area contributed by atoms with Crippen molar-refractivity contribution >= 4 is 42.2 Å². The number of hydrogen-bond acceptors (Lipinski definition) is 12. The first kappa shape index (κ1) is 36.8. The number of piperidine rings is 1. The molecule has 0 spiro atoms. The normalized spacial score (nSPS) is 22.4. The summed E-state index contributed by atoms with van der Waals surface area (Å²) in [5, 5.41) is 3.37. The van der Waals surface area contributed by atoms with Crippen molar-refractivity contribution in [2.75, 3.05) is 51.1 Å². The van der Waals surface area contributed by atoms with Crippen LogP contribution in [0.1, 0.15) is 51.0 Å². The molecule has 7 heterocycles. The number of rotatable bonds is 7. The molecule has 0 aliphatic carbocycles. The number of benzene rings is 2. The predicted molar refractivity (Wildman–Crippen MR) is 189 cm³/mol. The lowest BCUT2D eigenvalue weighted by atomic mass is 9.88. The van der Waals surface area contributed by atoms with Crippen molar-refractivity contribution in [2.45, 2.75) is 68.9 Å². The molecule has 18 heteroatoms. The standard InChI is InChI=1S/C36H39F4N6O7P/c1-34-16-36(39,40)18-45(17-34)31-25-15-41-29(28(38)30(25)42-32(43-31)51-19-35-8-3-10-46(35)11-4-9-35)24-14-22(52-20-53-54(48)49)13-21-6-7-26(37)23(27(21)24)5-2-12-50-33(47)44-34/h6-7,13-15,48-49H,2-5,8-12,16-20H2,1H3,(H,44,47). The second-order valence-electron chi connectivity index (χ2n) is 14.8. The number of carbonyl (C=O) groups excluding carboxylic acids is 1. The van der Waals surface area contributed by atoms with Crippen LogP contribution < -0.4 is 19.7 Å². The van der Waals surface area contributed by atoms with Crippen molar-refractivity contribution in [1.29, 1.82) is 0 Å². The second kappa shape index (κ2) is 14.2. The first-order valence-corrected chi connectivity index (χ1v) is 19.0. The molecule has 0 radical (unpaired) electrons. The molecule has 5 aliphatic heterocycles. The number of fused-ring (bicyclic) bond motifs is 7. The molecule has 54 heavy (non-hydrogen) atoms. The second-order valence-corrected chi connectivity index (χ2v) is 15.5. The number of alkyl halides is 2. The fraction of sp³-hybridized carbons (Fsp3) is 0.500. The molecule has 13 nitrogen and oxygen atoms in total. The van der Waals surface area contributed by atoms with Crippen LogP contribution in [-0.2, 0) is 15.7 Å². The Bertz CT molecular complexity index is 2100. The van der Waals surface area contributed by atoms with Crippen LogP contribution in [0.3, 0.4) is 0 Å². The van der Waals surface area contributed by atoms with E-state index in [2.05, 4.69) is 25.2 Å². The van der Waals surface area contributed by atoms with Crippen LogP contribution in [0.4, 0.5) is 28.2 Å². The Morgan fingerprint density at radius 2 is 1.85 bits per heavy atom. The van der Waals surface area contributed by atoms with Gasteiger partial charge < -0.3 is 34.2 Å². The summed E-state index contributed by atoms with van der Waals surface area (Å²) in [6.45, 7) is 1.92. The Hall–Kier alpha value is -4.15. The molecule has 4 aromatic rings. The van der Waals surface area contributed by atoms with Crippen LogP contribution in [0.2, 0.25) is 0 Å². The number of pyridine rings is 1. The number of ether oxygens (including phenoxy) is 3. The van der Waals surface area contributed by atoms with E-state index in [4.69, 9.17) is 18.7 Å². The topological polar surface area (TPSA) is 152 Å². The zero-order valence-corrected chi connectivity index (χ0v) is 30.3. The highest BCUT2D eigenvalue weighted by Crippen LogP contribution is 2.43. The Kier molecular flexibility index (Phi) is 9.66. The maximum absolute atomic E-state index is 17.3. The van der Waals surface area contributed by atoms with Gasteiger partial charge in [0.1, 0.15) is 35.2 Å². The third-order valence-electron chi connectivity index (χ3n) is 10.8. The molecule has 288 valence electrons. The van der Waals surface area contributed by atoms with Gasteiger partial charge in [-0.3, -0.25) is 14.4 Å². The quantitative estimate of drug-likeness (QED) is 0.115. The van der Waals surface area contributed by atoms with Crippen LogP contribution >= 0.6 is 8.60 Å². The minimum absolute atomic E-state index is 0.0211. The lowest BCUT2D eigenvalue weighted by molar-refractivity contribution is -0.0390. The molecule has 2 aromatic heterocycles. The van der Waals surface area contributed by atoms with Crippen LogP contribution in [0.5, 0.6) is 11.8 Å². The number of amides is 1. The molecule has 0 saturated carbocycles. The summed E-state index contributed by atoms with van der Waals surface area (Å²) in [5.74, 6) is -4.77. The average Bonchev–Trinajstić information content (AvgIpc) is 3.69. The molecule has 6 bridgehead atoms. The van der Waals surface area contributed by atoms with E-state index in [1.165, 1.54) is 36.2 Å². The predicted octanol–water partition coefficient (Wildman–Crippen LogP) is 5.97. The third kappa shape index (κ3) is 7.07. The minimum atomic E-state index is -3.30. The molecule has 1 unspecified atom stereocenters. The summed E-state index contributed by atoms with van der Waals surface area (Å²) in [6.07, 6.45) is 3.69. The lowest BCUT2D eigenvalue weighted by Gasteiger charge is -2.44. The van der Waals surface area contributed by atoms with E-state index in [1.54, 1.807) is 6.07 Å². The van der Waals surface area contributed by atoms with E-state index >= 15 is 17.6 Å². The maximum atomic E-state index is 17.3. The van der Waals surface area contributed by atoms with E-state index in [1.807, 2.05) is 0 Å². The van der Waals surface area contributed by atoms with Crippen LogP contribution in [0.15, 0.2) is 30.5 Å². The van der Waals surface area contributed by atoms with E-state index in [-0.39, 0.29) is 83.4 Å². The highest BCUT2D eigenvalue weighted by Gasteiger charge is 2.49. The van der Waals surface area contributed by atoms with Gasteiger partial charge in [-0.05, 0) is 93.1 Å². The van der Waals surface area contributed by atoms with Gasteiger partial charge in [-0.1, -0.05) is 6.07 Å². The molecule has 1 atom stereocenters. The van der Waals surface area contributed by atoms with Gasteiger partial charge in [-0.25, -0.2) is 22.4 Å². The fourth-order valence-electron chi connectivity index (χ4n) is 8.69. The van der Waals surface area contributed by atoms with Crippen molar-refractivity contribution in [3.05, 3.63) is 47.7 Å². The molecule has 2 aromatic carbocycles. The number of nitrogens with one attached hydrogen (secondary N) is 1. The minimum Gasteiger partial charge on any atom is -0.467 e. The Labute approximate surface area is 308 Å². The maximum Gasteiger partial charge on any atom is 0.407 e. The molecule has 3 saturated heterocycles. The number of aromatic nitrogens is 3. The largest absolute Gasteiger partial charge is 0.467 e. The Balaban J connectivity index is 1.33. The van der Waals surface area contributed by atoms with Crippen molar-refractivity contribution in [1.82, 2.24) is 25.2 Å². The molecule has 3 N–H and O–H groups in total. The highest BCUT2D eigenvalue weighted by atomic mass is 31.2. The van der Waals surface area contributed by atoms with Gasteiger partial charge in [-0.15, -0.1) is 0 Å². The number of halogens is 4. The molecule has 5 aliphatic rings.